The van der Waals surface area contributed by atoms with E-state index in [0.29, 0.717) is 24.6 Å². The summed E-state index contributed by atoms with van der Waals surface area (Å²) in [7, 11) is 1.68. The van der Waals surface area contributed by atoms with E-state index in [1.165, 1.54) is 0 Å². The van der Waals surface area contributed by atoms with E-state index in [1.54, 1.807) is 7.11 Å². The van der Waals surface area contributed by atoms with Crippen LogP contribution in [0.2, 0.25) is 5.02 Å². The molecule has 0 bridgehead atoms. The van der Waals surface area contributed by atoms with Gasteiger partial charge in [-0.15, -0.1) is 0 Å². The minimum absolute atomic E-state index is 0.600. The highest BCUT2D eigenvalue weighted by molar-refractivity contribution is 6.31. The number of methoxy groups -OCH3 is 1. The topological polar surface area (TPSA) is 57.8 Å². The molecule has 0 amide bonds. The SMILES string of the molecule is COCCc1nc2n(n1)Cc1c(C)ncn1-c1ccc(Cl)cc1-2. The molecule has 1 aromatic carbocycles. The molecule has 0 radical (unpaired) electrons. The lowest BCUT2D eigenvalue weighted by atomic mass is 10.1. The van der Waals surface area contributed by atoms with Crippen molar-refractivity contribution in [2.45, 2.75) is 19.9 Å². The maximum atomic E-state index is 6.22. The first-order chi connectivity index (χ1) is 11.2. The highest BCUT2D eigenvalue weighted by atomic mass is 35.5. The number of rotatable bonds is 3. The molecule has 6 nitrogen and oxygen atoms in total. The van der Waals surface area contributed by atoms with Gasteiger partial charge in [0.25, 0.3) is 0 Å². The molecule has 0 atom stereocenters. The van der Waals surface area contributed by atoms with Crippen LogP contribution in [-0.4, -0.2) is 38.0 Å². The third-order valence-electron chi connectivity index (χ3n) is 4.08. The fraction of sp³-hybridized carbons (Fsp3) is 0.312. The number of imidazole rings is 1. The number of benzene rings is 1. The molecule has 0 aliphatic carbocycles. The Morgan fingerprint density at radius 1 is 1.35 bits per heavy atom. The summed E-state index contributed by atoms with van der Waals surface area (Å²) in [4.78, 5) is 9.14. The number of hydrogen-bond donors (Lipinski definition) is 0. The largest absolute Gasteiger partial charge is 0.384 e. The zero-order valence-corrected chi connectivity index (χ0v) is 13.7. The lowest BCUT2D eigenvalue weighted by molar-refractivity contribution is 0.200. The molecule has 0 unspecified atom stereocenters. The fourth-order valence-electron chi connectivity index (χ4n) is 2.90. The van der Waals surface area contributed by atoms with E-state index in [2.05, 4.69) is 14.6 Å². The molecule has 3 heterocycles. The van der Waals surface area contributed by atoms with Crippen molar-refractivity contribution in [2.24, 2.45) is 0 Å². The average molecular weight is 330 g/mol. The first kappa shape index (κ1) is 14.4. The Kier molecular flexibility index (Phi) is 3.43. The highest BCUT2D eigenvalue weighted by Crippen LogP contribution is 2.33. The molecule has 1 aliphatic rings. The molecule has 23 heavy (non-hydrogen) atoms. The van der Waals surface area contributed by atoms with Gasteiger partial charge in [0.05, 0.1) is 36.6 Å². The Balaban J connectivity index is 1.93. The van der Waals surface area contributed by atoms with E-state index in [-0.39, 0.29) is 0 Å². The van der Waals surface area contributed by atoms with Crippen molar-refractivity contribution in [3.05, 3.63) is 46.8 Å². The van der Waals surface area contributed by atoms with E-state index in [4.69, 9.17) is 21.3 Å². The number of ether oxygens (including phenoxy) is 1. The number of nitrogens with zero attached hydrogens (tertiary/aromatic N) is 5. The second kappa shape index (κ2) is 5.47. The van der Waals surface area contributed by atoms with Gasteiger partial charge in [-0.25, -0.2) is 14.6 Å². The second-order valence-corrected chi connectivity index (χ2v) is 6.00. The molecule has 3 aromatic rings. The molecular formula is C16H16ClN5O. The molecule has 0 fully saturated rings. The maximum Gasteiger partial charge on any atom is 0.160 e. The van der Waals surface area contributed by atoms with E-state index < -0.39 is 0 Å². The minimum Gasteiger partial charge on any atom is -0.384 e. The first-order valence-electron chi connectivity index (χ1n) is 7.43. The highest BCUT2D eigenvalue weighted by Gasteiger charge is 2.24. The Bertz CT molecular complexity index is 883. The first-order valence-corrected chi connectivity index (χ1v) is 7.81. The zero-order valence-electron chi connectivity index (χ0n) is 13.0. The van der Waals surface area contributed by atoms with Gasteiger partial charge in [-0.3, -0.25) is 0 Å². The second-order valence-electron chi connectivity index (χ2n) is 5.56. The zero-order chi connectivity index (χ0) is 16.0. The van der Waals surface area contributed by atoms with E-state index in [9.17, 15) is 0 Å². The molecule has 7 heteroatoms. The molecule has 118 valence electrons. The van der Waals surface area contributed by atoms with E-state index >= 15 is 0 Å². The normalized spacial score (nSPS) is 12.5. The summed E-state index contributed by atoms with van der Waals surface area (Å²) in [6.07, 6.45) is 2.53. The van der Waals surface area contributed by atoms with Crippen LogP contribution in [0.15, 0.2) is 24.5 Å². The van der Waals surface area contributed by atoms with Gasteiger partial charge in [0.15, 0.2) is 11.6 Å². The summed E-state index contributed by atoms with van der Waals surface area (Å²) in [6, 6.07) is 5.82. The average Bonchev–Trinajstić information content (AvgIpc) is 3.07. The predicted molar refractivity (Wildman–Crippen MR) is 87.0 cm³/mol. The fourth-order valence-corrected chi connectivity index (χ4v) is 3.07. The van der Waals surface area contributed by atoms with Crippen LogP contribution in [0, 0.1) is 6.92 Å². The van der Waals surface area contributed by atoms with Crippen molar-refractivity contribution in [1.82, 2.24) is 24.3 Å². The number of aryl methyl sites for hydroxylation is 1. The Morgan fingerprint density at radius 2 is 2.22 bits per heavy atom. The van der Waals surface area contributed by atoms with Crippen LogP contribution < -0.4 is 0 Å². The van der Waals surface area contributed by atoms with Gasteiger partial charge in [0.1, 0.15) is 0 Å². The van der Waals surface area contributed by atoms with Gasteiger partial charge in [-0.2, -0.15) is 5.10 Å². The molecule has 4 rings (SSSR count). The van der Waals surface area contributed by atoms with Gasteiger partial charge < -0.3 is 9.30 Å². The van der Waals surface area contributed by atoms with Crippen LogP contribution in [0.5, 0.6) is 0 Å². The van der Waals surface area contributed by atoms with Gasteiger partial charge in [0.2, 0.25) is 0 Å². The maximum absolute atomic E-state index is 6.22. The summed E-state index contributed by atoms with van der Waals surface area (Å²) in [5, 5.41) is 5.32. The number of hydrogen-bond acceptors (Lipinski definition) is 4. The molecule has 1 aliphatic heterocycles. The molecule has 0 N–H and O–H groups in total. The molecule has 0 spiro atoms. The summed E-state index contributed by atoms with van der Waals surface area (Å²) in [6.45, 7) is 3.24. The lowest BCUT2D eigenvalue weighted by Crippen LogP contribution is -2.06. The standard InChI is InChI=1S/C16H16ClN5O/c1-10-14-8-22-16(19-15(20-22)5-6-23-2)12-7-11(17)3-4-13(12)21(14)9-18-10/h3-4,7,9H,5-6,8H2,1-2H3. The Labute approximate surface area is 138 Å². The van der Waals surface area contributed by atoms with E-state index in [1.807, 2.05) is 36.1 Å². The number of fused-ring (bicyclic) bond motifs is 5. The van der Waals surface area contributed by atoms with Crippen LogP contribution in [0.4, 0.5) is 0 Å². The van der Waals surface area contributed by atoms with Gasteiger partial charge in [0, 0.05) is 24.1 Å². The van der Waals surface area contributed by atoms with Crippen LogP contribution in [0.1, 0.15) is 17.2 Å². The summed E-state index contributed by atoms with van der Waals surface area (Å²) in [5.41, 5.74) is 4.09. The van der Waals surface area contributed by atoms with E-state index in [0.717, 1.165) is 34.3 Å². The van der Waals surface area contributed by atoms with Crippen LogP contribution in [0.25, 0.3) is 17.1 Å². The van der Waals surface area contributed by atoms with Gasteiger partial charge in [-0.05, 0) is 25.1 Å². The summed E-state index contributed by atoms with van der Waals surface area (Å²) < 4.78 is 9.14. The van der Waals surface area contributed by atoms with Gasteiger partial charge in [-0.1, -0.05) is 11.6 Å². The third kappa shape index (κ3) is 2.34. The monoisotopic (exact) mass is 329 g/mol. The van der Waals surface area contributed by atoms with Crippen molar-refractivity contribution >= 4 is 11.6 Å². The van der Waals surface area contributed by atoms with Crippen molar-refractivity contribution in [1.29, 1.82) is 0 Å². The summed E-state index contributed by atoms with van der Waals surface area (Å²) in [5.74, 6) is 1.61. The van der Waals surface area contributed by atoms with Crippen LogP contribution >= 0.6 is 11.6 Å². The Hall–Kier alpha value is -2.18. The number of aromatic nitrogens is 5. The van der Waals surface area contributed by atoms with Crippen molar-refractivity contribution in [3.8, 4) is 17.1 Å². The molecular weight excluding hydrogens is 314 g/mol. The molecule has 0 saturated carbocycles. The Morgan fingerprint density at radius 3 is 3.04 bits per heavy atom. The van der Waals surface area contributed by atoms with Crippen molar-refractivity contribution in [3.63, 3.8) is 0 Å². The predicted octanol–water partition coefficient (Wildman–Crippen LogP) is 2.64. The summed E-state index contributed by atoms with van der Waals surface area (Å²) >= 11 is 6.22. The van der Waals surface area contributed by atoms with Crippen molar-refractivity contribution < 1.29 is 4.74 Å². The minimum atomic E-state index is 0.600. The molecule has 0 saturated heterocycles. The van der Waals surface area contributed by atoms with Crippen LogP contribution in [-0.2, 0) is 17.7 Å². The van der Waals surface area contributed by atoms with Gasteiger partial charge >= 0.3 is 0 Å². The molecule has 2 aromatic heterocycles. The lowest BCUT2D eigenvalue weighted by Gasteiger charge is -2.08. The van der Waals surface area contributed by atoms with Crippen molar-refractivity contribution in [2.75, 3.05) is 13.7 Å². The smallest absolute Gasteiger partial charge is 0.160 e. The number of halogens is 1. The quantitative estimate of drug-likeness (QED) is 0.580. The van der Waals surface area contributed by atoms with Crippen LogP contribution in [0.3, 0.4) is 0 Å². The third-order valence-corrected chi connectivity index (χ3v) is 4.31.